The zero-order chi connectivity index (χ0) is 12.0. The molecular formula is C12H18N2O2. The van der Waals surface area contributed by atoms with Crippen molar-refractivity contribution in [2.24, 2.45) is 5.73 Å². The molecule has 1 amide bonds. The molecule has 0 aliphatic carbocycles. The second kappa shape index (κ2) is 6.12. The summed E-state index contributed by atoms with van der Waals surface area (Å²) in [5.41, 5.74) is 6.12. The van der Waals surface area contributed by atoms with Crippen molar-refractivity contribution in [2.75, 3.05) is 26.7 Å². The van der Waals surface area contributed by atoms with E-state index in [-0.39, 0.29) is 5.91 Å². The third-order valence-corrected chi connectivity index (χ3v) is 2.40. The molecule has 0 aliphatic rings. The van der Waals surface area contributed by atoms with Gasteiger partial charge in [0.1, 0.15) is 5.75 Å². The van der Waals surface area contributed by atoms with Gasteiger partial charge >= 0.3 is 0 Å². The lowest BCUT2D eigenvalue weighted by Crippen LogP contribution is -2.35. The number of hydrogen-bond donors (Lipinski definition) is 1. The molecule has 0 bridgehead atoms. The van der Waals surface area contributed by atoms with Crippen molar-refractivity contribution in [3.8, 4) is 5.75 Å². The molecule has 0 radical (unpaired) electrons. The second-order valence-corrected chi connectivity index (χ2v) is 3.40. The van der Waals surface area contributed by atoms with E-state index in [9.17, 15) is 4.79 Å². The molecule has 4 nitrogen and oxygen atoms in total. The highest BCUT2D eigenvalue weighted by Crippen LogP contribution is 2.12. The number of rotatable bonds is 5. The van der Waals surface area contributed by atoms with Crippen molar-refractivity contribution in [1.29, 1.82) is 0 Å². The number of methoxy groups -OCH3 is 1. The Hall–Kier alpha value is -1.55. The van der Waals surface area contributed by atoms with Crippen molar-refractivity contribution < 1.29 is 9.53 Å². The van der Waals surface area contributed by atoms with E-state index in [4.69, 9.17) is 10.5 Å². The first-order valence-electron chi connectivity index (χ1n) is 5.36. The Morgan fingerprint density at radius 1 is 1.38 bits per heavy atom. The molecule has 4 heteroatoms. The number of likely N-dealkylation sites (N-methyl/N-ethyl adjacent to an activating group) is 1. The summed E-state index contributed by atoms with van der Waals surface area (Å²) in [6.07, 6.45) is 0. The average molecular weight is 222 g/mol. The van der Waals surface area contributed by atoms with Gasteiger partial charge in [0.05, 0.1) is 7.11 Å². The summed E-state index contributed by atoms with van der Waals surface area (Å²) in [7, 11) is 1.60. The summed E-state index contributed by atoms with van der Waals surface area (Å²) in [5.74, 6) is 0.758. The molecule has 2 N–H and O–H groups in total. The Balaban J connectivity index is 2.78. The van der Waals surface area contributed by atoms with Crippen molar-refractivity contribution in [2.45, 2.75) is 6.92 Å². The molecular weight excluding hydrogens is 204 g/mol. The quantitative estimate of drug-likeness (QED) is 0.812. The molecule has 1 aromatic carbocycles. The van der Waals surface area contributed by atoms with Crippen molar-refractivity contribution in [3.63, 3.8) is 0 Å². The molecule has 0 heterocycles. The number of hydrogen-bond acceptors (Lipinski definition) is 3. The monoisotopic (exact) mass is 222 g/mol. The minimum atomic E-state index is 0.00982. The van der Waals surface area contributed by atoms with Crippen LogP contribution in [0.5, 0.6) is 5.75 Å². The minimum absolute atomic E-state index is 0.00982. The van der Waals surface area contributed by atoms with Gasteiger partial charge in [-0.2, -0.15) is 0 Å². The van der Waals surface area contributed by atoms with Gasteiger partial charge in [0.2, 0.25) is 0 Å². The maximum atomic E-state index is 12.0. The van der Waals surface area contributed by atoms with E-state index in [2.05, 4.69) is 0 Å². The fourth-order valence-corrected chi connectivity index (χ4v) is 1.48. The first-order valence-corrected chi connectivity index (χ1v) is 5.36. The van der Waals surface area contributed by atoms with Crippen LogP contribution in [0.4, 0.5) is 0 Å². The number of amides is 1. The Kier molecular flexibility index (Phi) is 4.79. The highest BCUT2D eigenvalue weighted by Gasteiger charge is 2.12. The topological polar surface area (TPSA) is 55.6 Å². The normalized spacial score (nSPS) is 9.94. The maximum Gasteiger partial charge on any atom is 0.253 e. The Labute approximate surface area is 96.0 Å². The predicted molar refractivity (Wildman–Crippen MR) is 63.6 cm³/mol. The zero-order valence-corrected chi connectivity index (χ0v) is 9.77. The van der Waals surface area contributed by atoms with Crippen LogP contribution in [0.2, 0.25) is 0 Å². The third kappa shape index (κ3) is 2.97. The average Bonchev–Trinajstić information content (AvgIpc) is 2.35. The van der Waals surface area contributed by atoms with Crippen LogP contribution in [0, 0.1) is 0 Å². The van der Waals surface area contributed by atoms with Crippen molar-refractivity contribution >= 4 is 5.91 Å². The van der Waals surface area contributed by atoms with E-state index in [0.717, 1.165) is 5.75 Å². The smallest absolute Gasteiger partial charge is 0.253 e. The summed E-state index contributed by atoms with van der Waals surface area (Å²) in [6, 6.07) is 7.09. The van der Waals surface area contributed by atoms with Crippen LogP contribution in [0.1, 0.15) is 17.3 Å². The molecule has 0 aliphatic heterocycles. The van der Waals surface area contributed by atoms with Crippen molar-refractivity contribution in [1.82, 2.24) is 4.90 Å². The number of nitrogens with zero attached hydrogens (tertiary/aromatic N) is 1. The zero-order valence-electron chi connectivity index (χ0n) is 9.77. The summed E-state index contributed by atoms with van der Waals surface area (Å²) in [4.78, 5) is 13.7. The van der Waals surface area contributed by atoms with Crippen LogP contribution >= 0.6 is 0 Å². The van der Waals surface area contributed by atoms with E-state index in [0.29, 0.717) is 25.2 Å². The van der Waals surface area contributed by atoms with Gasteiger partial charge in [-0.05, 0) is 31.2 Å². The van der Waals surface area contributed by atoms with E-state index in [1.54, 1.807) is 36.3 Å². The predicted octanol–water partition coefficient (Wildman–Crippen LogP) is 1.12. The van der Waals surface area contributed by atoms with Gasteiger partial charge in [0.15, 0.2) is 0 Å². The van der Waals surface area contributed by atoms with E-state index < -0.39 is 0 Å². The van der Waals surface area contributed by atoms with E-state index in [1.165, 1.54) is 0 Å². The Morgan fingerprint density at radius 2 is 2.00 bits per heavy atom. The second-order valence-electron chi connectivity index (χ2n) is 3.40. The maximum absolute atomic E-state index is 12.0. The molecule has 1 aromatic rings. The highest BCUT2D eigenvalue weighted by molar-refractivity contribution is 5.94. The molecule has 16 heavy (non-hydrogen) atoms. The SMILES string of the molecule is CCN(CCN)C(=O)c1ccc(OC)cc1. The van der Waals surface area contributed by atoms with Crippen molar-refractivity contribution in [3.05, 3.63) is 29.8 Å². The van der Waals surface area contributed by atoms with Crippen LogP contribution in [0.25, 0.3) is 0 Å². The largest absolute Gasteiger partial charge is 0.497 e. The number of nitrogens with two attached hydrogens (primary N) is 1. The molecule has 0 spiro atoms. The highest BCUT2D eigenvalue weighted by atomic mass is 16.5. The molecule has 0 fully saturated rings. The van der Waals surface area contributed by atoms with Crippen LogP contribution in [0.3, 0.4) is 0 Å². The van der Waals surface area contributed by atoms with Gasteiger partial charge in [-0.1, -0.05) is 0 Å². The summed E-state index contributed by atoms with van der Waals surface area (Å²) in [6.45, 7) is 3.68. The lowest BCUT2D eigenvalue weighted by Gasteiger charge is -2.19. The molecule has 88 valence electrons. The lowest BCUT2D eigenvalue weighted by molar-refractivity contribution is 0.0769. The number of ether oxygens (including phenoxy) is 1. The standard InChI is InChI=1S/C12H18N2O2/c1-3-14(9-8-13)12(15)10-4-6-11(16-2)7-5-10/h4-7H,3,8-9,13H2,1-2H3. The van der Waals surface area contributed by atoms with Gasteiger partial charge in [-0.3, -0.25) is 4.79 Å². The molecule has 0 unspecified atom stereocenters. The Bertz CT molecular complexity index is 335. The van der Waals surface area contributed by atoms with Crippen LogP contribution in [0.15, 0.2) is 24.3 Å². The molecule has 1 rings (SSSR count). The van der Waals surface area contributed by atoms with Gasteiger partial charge in [-0.15, -0.1) is 0 Å². The molecule has 0 atom stereocenters. The molecule has 0 aromatic heterocycles. The van der Waals surface area contributed by atoms with Crippen LogP contribution < -0.4 is 10.5 Å². The fraction of sp³-hybridized carbons (Fsp3) is 0.417. The van der Waals surface area contributed by atoms with Crippen LogP contribution in [-0.4, -0.2) is 37.6 Å². The summed E-state index contributed by atoms with van der Waals surface area (Å²) < 4.78 is 5.04. The summed E-state index contributed by atoms with van der Waals surface area (Å²) >= 11 is 0. The van der Waals surface area contributed by atoms with E-state index >= 15 is 0 Å². The first-order chi connectivity index (χ1) is 7.72. The summed E-state index contributed by atoms with van der Waals surface area (Å²) in [5, 5.41) is 0. The van der Waals surface area contributed by atoms with Gasteiger partial charge in [0, 0.05) is 25.2 Å². The Morgan fingerprint density at radius 3 is 2.44 bits per heavy atom. The fourth-order valence-electron chi connectivity index (χ4n) is 1.48. The van der Waals surface area contributed by atoms with Gasteiger partial charge in [-0.25, -0.2) is 0 Å². The lowest BCUT2D eigenvalue weighted by atomic mass is 10.2. The third-order valence-electron chi connectivity index (χ3n) is 2.40. The number of carbonyl (C=O) groups is 1. The van der Waals surface area contributed by atoms with E-state index in [1.807, 2.05) is 6.92 Å². The van der Waals surface area contributed by atoms with Gasteiger partial charge in [0.25, 0.3) is 5.91 Å². The van der Waals surface area contributed by atoms with Crippen LogP contribution in [-0.2, 0) is 0 Å². The number of benzene rings is 1. The minimum Gasteiger partial charge on any atom is -0.497 e. The number of carbonyl (C=O) groups excluding carboxylic acids is 1. The van der Waals surface area contributed by atoms with Gasteiger partial charge < -0.3 is 15.4 Å². The molecule has 0 saturated carbocycles. The first kappa shape index (κ1) is 12.5. The molecule has 0 saturated heterocycles.